The molecule has 0 heterocycles. The smallest absolute Gasteiger partial charge is 0.0503 e. The predicted octanol–water partition coefficient (Wildman–Crippen LogP) is 3.99. The lowest BCUT2D eigenvalue weighted by molar-refractivity contribution is 0.440. The van der Waals surface area contributed by atoms with Crippen LogP contribution in [0.25, 0.3) is 0 Å². The van der Waals surface area contributed by atoms with Gasteiger partial charge in [0.15, 0.2) is 0 Å². The van der Waals surface area contributed by atoms with Crippen molar-refractivity contribution < 1.29 is 0 Å². The summed E-state index contributed by atoms with van der Waals surface area (Å²) in [6, 6.07) is 0.634. The molecular formula is C14H23N. The molecule has 0 amide bonds. The third-order valence-electron chi connectivity index (χ3n) is 3.73. The zero-order chi connectivity index (χ0) is 10.7. The lowest BCUT2D eigenvalue weighted by Gasteiger charge is -2.24. The molecule has 1 fully saturated rings. The summed E-state index contributed by atoms with van der Waals surface area (Å²) in [7, 11) is 0. The van der Waals surface area contributed by atoms with Crippen LogP contribution in [0.15, 0.2) is 17.1 Å². The number of nitrogens with zero attached hydrogens (tertiary/aromatic N) is 1. The van der Waals surface area contributed by atoms with E-state index >= 15 is 0 Å². The van der Waals surface area contributed by atoms with Gasteiger partial charge in [0.05, 0.1) is 6.04 Å². The third-order valence-corrected chi connectivity index (χ3v) is 3.73. The molecule has 0 aromatic carbocycles. The van der Waals surface area contributed by atoms with Gasteiger partial charge in [0.2, 0.25) is 0 Å². The van der Waals surface area contributed by atoms with Gasteiger partial charge in [0, 0.05) is 5.71 Å². The van der Waals surface area contributed by atoms with Crippen LogP contribution in [-0.2, 0) is 0 Å². The van der Waals surface area contributed by atoms with E-state index in [2.05, 4.69) is 26.0 Å². The Hall–Kier alpha value is -0.590. The molecule has 84 valence electrons. The van der Waals surface area contributed by atoms with E-state index in [-0.39, 0.29) is 0 Å². The standard InChI is InChI=1S/C14H23N/c1-11-8-9-14(12(2)10-11)15-13-6-4-3-5-7-13/h8-9,11-13H,3-7,10H2,1-2H3. The molecule has 1 saturated carbocycles. The van der Waals surface area contributed by atoms with E-state index in [0.29, 0.717) is 12.0 Å². The number of rotatable bonds is 1. The molecule has 2 atom stereocenters. The molecule has 2 aliphatic rings. The molecule has 2 rings (SSSR count). The highest BCUT2D eigenvalue weighted by molar-refractivity contribution is 5.97. The van der Waals surface area contributed by atoms with Crippen molar-refractivity contribution in [3.63, 3.8) is 0 Å². The first kappa shape index (κ1) is 10.9. The number of allylic oxidation sites excluding steroid dienone is 2. The van der Waals surface area contributed by atoms with Crippen LogP contribution in [-0.4, -0.2) is 11.8 Å². The first-order chi connectivity index (χ1) is 7.25. The van der Waals surface area contributed by atoms with E-state index in [1.54, 1.807) is 0 Å². The minimum atomic E-state index is 0.634. The molecule has 1 heteroatoms. The minimum absolute atomic E-state index is 0.634. The SMILES string of the molecule is CC1C=CC(=NC2CCCCC2)C(C)C1. The van der Waals surface area contributed by atoms with Gasteiger partial charge in [-0.1, -0.05) is 39.2 Å². The molecule has 0 spiro atoms. The summed E-state index contributed by atoms with van der Waals surface area (Å²) in [5.41, 5.74) is 1.36. The van der Waals surface area contributed by atoms with Crippen molar-refractivity contribution in [1.29, 1.82) is 0 Å². The van der Waals surface area contributed by atoms with Crippen LogP contribution >= 0.6 is 0 Å². The summed E-state index contributed by atoms with van der Waals surface area (Å²) < 4.78 is 0. The van der Waals surface area contributed by atoms with E-state index in [1.807, 2.05) is 0 Å². The molecular weight excluding hydrogens is 182 g/mol. The number of aliphatic imine (C=N–C) groups is 1. The van der Waals surface area contributed by atoms with Gasteiger partial charge in [-0.25, -0.2) is 0 Å². The molecule has 0 saturated heterocycles. The van der Waals surface area contributed by atoms with Gasteiger partial charge >= 0.3 is 0 Å². The Balaban J connectivity index is 2.01. The van der Waals surface area contributed by atoms with Crippen molar-refractivity contribution in [1.82, 2.24) is 0 Å². The summed E-state index contributed by atoms with van der Waals surface area (Å²) in [6.07, 6.45) is 12.7. The van der Waals surface area contributed by atoms with Crippen molar-refractivity contribution >= 4 is 5.71 Å². The van der Waals surface area contributed by atoms with Crippen LogP contribution in [0.5, 0.6) is 0 Å². The van der Waals surface area contributed by atoms with Gasteiger partial charge in [0.25, 0.3) is 0 Å². The fraction of sp³-hybridized carbons (Fsp3) is 0.786. The number of hydrogen-bond donors (Lipinski definition) is 0. The quantitative estimate of drug-likeness (QED) is 0.613. The lowest BCUT2D eigenvalue weighted by atomic mass is 9.87. The lowest BCUT2D eigenvalue weighted by Crippen LogP contribution is -2.20. The maximum atomic E-state index is 4.94. The second-order valence-electron chi connectivity index (χ2n) is 5.32. The average Bonchev–Trinajstić information content (AvgIpc) is 2.24. The van der Waals surface area contributed by atoms with Gasteiger partial charge in [-0.15, -0.1) is 0 Å². The van der Waals surface area contributed by atoms with Gasteiger partial charge in [-0.05, 0) is 37.2 Å². The zero-order valence-electron chi connectivity index (χ0n) is 10.1. The van der Waals surface area contributed by atoms with Crippen LogP contribution in [0.2, 0.25) is 0 Å². The summed E-state index contributed by atoms with van der Waals surface area (Å²) in [4.78, 5) is 4.94. The third kappa shape index (κ3) is 2.93. The van der Waals surface area contributed by atoms with Gasteiger partial charge < -0.3 is 0 Å². The van der Waals surface area contributed by atoms with E-state index in [9.17, 15) is 0 Å². The van der Waals surface area contributed by atoms with E-state index in [1.165, 1.54) is 44.2 Å². The molecule has 0 aromatic rings. The van der Waals surface area contributed by atoms with Crippen LogP contribution in [0.4, 0.5) is 0 Å². The summed E-state index contributed by atoms with van der Waals surface area (Å²) >= 11 is 0. The Morgan fingerprint density at radius 3 is 2.53 bits per heavy atom. The van der Waals surface area contributed by atoms with Crippen LogP contribution < -0.4 is 0 Å². The molecule has 1 nitrogen and oxygen atoms in total. The predicted molar refractivity (Wildman–Crippen MR) is 66.4 cm³/mol. The van der Waals surface area contributed by atoms with Crippen molar-refractivity contribution in [2.45, 2.75) is 58.4 Å². The second-order valence-corrected chi connectivity index (χ2v) is 5.32. The van der Waals surface area contributed by atoms with E-state index in [0.717, 1.165) is 5.92 Å². The molecule has 2 unspecified atom stereocenters. The molecule has 0 N–H and O–H groups in total. The fourth-order valence-electron chi connectivity index (χ4n) is 2.78. The Labute approximate surface area is 93.7 Å². The summed E-state index contributed by atoms with van der Waals surface area (Å²) in [5, 5.41) is 0. The normalized spacial score (nSPS) is 36.0. The monoisotopic (exact) mass is 205 g/mol. The maximum absolute atomic E-state index is 4.94. The van der Waals surface area contributed by atoms with Gasteiger partial charge in [-0.2, -0.15) is 0 Å². The van der Waals surface area contributed by atoms with Crippen LogP contribution in [0.3, 0.4) is 0 Å². The Morgan fingerprint density at radius 2 is 1.87 bits per heavy atom. The first-order valence-corrected chi connectivity index (χ1v) is 6.51. The molecule has 0 aliphatic heterocycles. The highest BCUT2D eigenvalue weighted by Gasteiger charge is 2.18. The average molecular weight is 205 g/mol. The number of hydrogen-bond acceptors (Lipinski definition) is 1. The van der Waals surface area contributed by atoms with Crippen molar-refractivity contribution in [2.75, 3.05) is 0 Å². The van der Waals surface area contributed by atoms with Crippen molar-refractivity contribution in [3.8, 4) is 0 Å². The highest BCUT2D eigenvalue weighted by atomic mass is 14.8. The van der Waals surface area contributed by atoms with Crippen molar-refractivity contribution in [2.24, 2.45) is 16.8 Å². The van der Waals surface area contributed by atoms with Crippen molar-refractivity contribution in [3.05, 3.63) is 12.2 Å². The minimum Gasteiger partial charge on any atom is -0.286 e. The Bertz CT molecular complexity index is 259. The summed E-state index contributed by atoms with van der Waals surface area (Å²) in [5.74, 6) is 1.41. The summed E-state index contributed by atoms with van der Waals surface area (Å²) in [6.45, 7) is 4.62. The van der Waals surface area contributed by atoms with E-state index < -0.39 is 0 Å². The van der Waals surface area contributed by atoms with E-state index in [4.69, 9.17) is 4.99 Å². The highest BCUT2D eigenvalue weighted by Crippen LogP contribution is 2.25. The molecule has 0 bridgehead atoms. The molecule has 0 aromatic heterocycles. The Morgan fingerprint density at radius 1 is 1.13 bits per heavy atom. The molecule has 0 radical (unpaired) electrons. The first-order valence-electron chi connectivity index (χ1n) is 6.51. The Kier molecular flexibility index (Phi) is 3.61. The largest absolute Gasteiger partial charge is 0.286 e. The van der Waals surface area contributed by atoms with Crippen LogP contribution in [0, 0.1) is 11.8 Å². The fourth-order valence-corrected chi connectivity index (χ4v) is 2.78. The molecule has 15 heavy (non-hydrogen) atoms. The van der Waals surface area contributed by atoms with Crippen LogP contribution in [0.1, 0.15) is 52.4 Å². The zero-order valence-corrected chi connectivity index (χ0v) is 10.1. The maximum Gasteiger partial charge on any atom is 0.0503 e. The van der Waals surface area contributed by atoms with Gasteiger partial charge in [0.1, 0.15) is 0 Å². The second kappa shape index (κ2) is 4.96. The molecule has 2 aliphatic carbocycles. The topological polar surface area (TPSA) is 12.4 Å². The van der Waals surface area contributed by atoms with Gasteiger partial charge in [-0.3, -0.25) is 4.99 Å².